The molecule has 0 aliphatic carbocycles. The van der Waals surface area contributed by atoms with Crippen LogP contribution < -0.4 is 11.5 Å². The number of anilines is 1. The van der Waals surface area contributed by atoms with Crippen molar-refractivity contribution >= 4 is 17.6 Å². The van der Waals surface area contributed by atoms with Gasteiger partial charge in [-0.3, -0.25) is 0 Å². The van der Waals surface area contributed by atoms with Crippen LogP contribution in [-0.4, -0.2) is 17.2 Å². The summed E-state index contributed by atoms with van der Waals surface area (Å²) in [6.45, 7) is 0.438. The Morgan fingerprint density at radius 1 is 1.42 bits per heavy atom. The van der Waals surface area contributed by atoms with Gasteiger partial charge in [0.2, 0.25) is 0 Å². The lowest BCUT2D eigenvalue weighted by molar-refractivity contribution is 0.185. The predicted octanol–water partition coefficient (Wildman–Crippen LogP) is 1.91. The van der Waals surface area contributed by atoms with Crippen molar-refractivity contribution in [3.63, 3.8) is 0 Å². The summed E-state index contributed by atoms with van der Waals surface area (Å²) in [6, 6.07) is 6.89. The van der Waals surface area contributed by atoms with Crippen LogP contribution in [0.25, 0.3) is 11.8 Å². The van der Waals surface area contributed by atoms with Gasteiger partial charge in [0.05, 0.1) is 6.61 Å². The molecule has 100 valence electrons. The zero-order valence-corrected chi connectivity index (χ0v) is 10.7. The second-order valence-electron chi connectivity index (χ2n) is 4.19. The van der Waals surface area contributed by atoms with E-state index in [2.05, 4.69) is 4.98 Å². The van der Waals surface area contributed by atoms with Gasteiger partial charge in [-0.2, -0.15) is 0 Å². The lowest BCUT2D eigenvalue weighted by atomic mass is 10.1. The van der Waals surface area contributed by atoms with E-state index in [-0.39, 0.29) is 5.75 Å². The van der Waals surface area contributed by atoms with Crippen LogP contribution in [0.4, 0.5) is 5.82 Å². The molecule has 0 aliphatic heterocycles. The maximum Gasteiger partial charge on any atom is 0.124 e. The zero-order valence-electron chi connectivity index (χ0n) is 10.7. The van der Waals surface area contributed by atoms with E-state index in [0.29, 0.717) is 23.7 Å². The summed E-state index contributed by atoms with van der Waals surface area (Å²) in [5.74, 6) is 0.657. The Hall–Kier alpha value is -2.40. The Morgan fingerprint density at radius 3 is 2.84 bits per heavy atom. The first kappa shape index (κ1) is 13.0. The second kappa shape index (κ2) is 5.49. The molecule has 0 atom stereocenters. The molecule has 0 spiro atoms. The smallest absolute Gasteiger partial charge is 0.124 e. The Kier molecular flexibility index (Phi) is 3.77. The highest BCUT2D eigenvalue weighted by Gasteiger charge is 2.09. The van der Waals surface area contributed by atoms with Crippen LogP contribution in [0.15, 0.2) is 30.5 Å². The maximum absolute atomic E-state index is 9.77. The molecule has 19 heavy (non-hydrogen) atoms. The van der Waals surface area contributed by atoms with Crippen molar-refractivity contribution in [2.75, 3.05) is 12.8 Å². The standard InChI is InChI=1S/C14H17N3O2/c1-19-8-9-7-17-14(16)11(9)6-12(15)10-4-2-3-5-13(10)18/h2-7,17-18H,8,15-16H2,1H3/b12-6-. The van der Waals surface area contributed by atoms with E-state index < -0.39 is 0 Å². The molecule has 0 amide bonds. The number of para-hydroxylation sites is 1. The first-order valence-corrected chi connectivity index (χ1v) is 5.83. The largest absolute Gasteiger partial charge is 0.507 e. The minimum absolute atomic E-state index is 0.138. The van der Waals surface area contributed by atoms with E-state index in [4.69, 9.17) is 16.2 Å². The number of rotatable bonds is 4. The molecule has 2 rings (SSSR count). The van der Waals surface area contributed by atoms with Crippen LogP contribution in [0.2, 0.25) is 0 Å². The number of aromatic nitrogens is 1. The number of nitrogen functional groups attached to an aromatic ring is 1. The van der Waals surface area contributed by atoms with Gasteiger partial charge in [-0.1, -0.05) is 12.1 Å². The highest BCUT2D eigenvalue weighted by Crippen LogP contribution is 2.26. The summed E-state index contributed by atoms with van der Waals surface area (Å²) in [4.78, 5) is 2.93. The third-order valence-electron chi connectivity index (χ3n) is 2.85. The van der Waals surface area contributed by atoms with Crippen LogP contribution in [-0.2, 0) is 11.3 Å². The molecule has 0 fully saturated rings. The Bertz CT molecular complexity index is 602. The van der Waals surface area contributed by atoms with Crippen LogP contribution in [0.1, 0.15) is 16.7 Å². The number of aromatic amines is 1. The molecule has 1 aromatic heterocycles. The molecule has 5 heteroatoms. The van der Waals surface area contributed by atoms with Crippen LogP contribution in [0.5, 0.6) is 5.75 Å². The average Bonchev–Trinajstić information content (AvgIpc) is 2.72. The van der Waals surface area contributed by atoms with E-state index in [1.54, 1.807) is 37.6 Å². The molecule has 0 saturated carbocycles. The SMILES string of the molecule is COCc1c[nH]c(N)c1/C=C(\N)c1ccccc1O. The molecule has 0 unspecified atom stereocenters. The monoisotopic (exact) mass is 259 g/mol. The maximum atomic E-state index is 9.77. The van der Waals surface area contributed by atoms with Crippen molar-refractivity contribution in [1.82, 2.24) is 4.98 Å². The summed E-state index contributed by atoms with van der Waals surface area (Å²) >= 11 is 0. The second-order valence-corrected chi connectivity index (χ2v) is 4.19. The van der Waals surface area contributed by atoms with E-state index >= 15 is 0 Å². The molecule has 5 nitrogen and oxygen atoms in total. The molecule has 0 bridgehead atoms. The van der Waals surface area contributed by atoms with Crippen LogP contribution in [0, 0.1) is 0 Å². The van der Waals surface area contributed by atoms with Crippen LogP contribution in [0.3, 0.4) is 0 Å². The van der Waals surface area contributed by atoms with Gasteiger partial charge in [0.25, 0.3) is 0 Å². The van der Waals surface area contributed by atoms with Gasteiger partial charge in [0.15, 0.2) is 0 Å². The lowest BCUT2D eigenvalue weighted by Gasteiger charge is -2.06. The molecule has 1 aromatic carbocycles. The number of nitrogens with two attached hydrogens (primary N) is 2. The highest BCUT2D eigenvalue weighted by atomic mass is 16.5. The third kappa shape index (κ3) is 2.71. The number of methoxy groups -OCH3 is 1. The van der Waals surface area contributed by atoms with Crippen molar-refractivity contribution < 1.29 is 9.84 Å². The molecular weight excluding hydrogens is 242 g/mol. The Morgan fingerprint density at radius 2 is 2.16 bits per heavy atom. The summed E-state index contributed by atoms with van der Waals surface area (Å²) in [5.41, 5.74) is 14.6. The zero-order chi connectivity index (χ0) is 13.8. The van der Waals surface area contributed by atoms with E-state index in [1.165, 1.54) is 0 Å². The molecule has 2 aromatic rings. The molecule has 1 heterocycles. The summed E-state index contributed by atoms with van der Waals surface area (Å²) < 4.78 is 5.10. The third-order valence-corrected chi connectivity index (χ3v) is 2.85. The molecular formula is C14H17N3O2. The predicted molar refractivity (Wildman–Crippen MR) is 76.1 cm³/mol. The molecule has 6 N–H and O–H groups in total. The molecule has 0 saturated heterocycles. The minimum atomic E-state index is 0.138. The Balaban J connectivity index is 2.41. The Labute approximate surface area is 111 Å². The number of hydrogen-bond acceptors (Lipinski definition) is 4. The minimum Gasteiger partial charge on any atom is -0.507 e. The summed E-state index contributed by atoms with van der Waals surface area (Å²) in [6.07, 6.45) is 3.51. The fourth-order valence-electron chi connectivity index (χ4n) is 1.89. The fraction of sp³-hybridized carbons (Fsp3) is 0.143. The number of aromatic hydroxyl groups is 1. The van der Waals surface area contributed by atoms with Gasteiger partial charge < -0.3 is 26.3 Å². The van der Waals surface area contributed by atoms with Gasteiger partial charge in [0.1, 0.15) is 11.6 Å². The van der Waals surface area contributed by atoms with Gasteiger partial charge >= 0.3 is 0 Å². The van der Waals surface area contributed by atoms with E-state index in [1.807, 2.05) is 6.07 Å². The topological polar surface area (TPSA) is 97.3 Å². The van der Waals surface area contributed by atoms with E-state index in [0.717, 1.165) is 11.1 Å². The number of benzene rings is 1. The number of phenols is 1. The van der Waals surface area contributed by atoms with Gasteiger partial charge in [-0.15, -0.1) is 0 Å². The number of ether oxygens (including phenoxy) is 1. The van der Waals surface area contributed by atoms with Crippen LogP contribution >= 0.6 is 0 Å². The number of phenolic OH excluding ortho intramolecular Hbond substituents is 1. The van der Waals surface area contributed by atoms with Crippen molar-refractivity contribution in [2.45, 2.75) is 6.61 Å². The van der Waals surface area contributed by atoms with Gasteiger partial charge in [0, 0.05) is 35.7 Å². The fourth-order valence-corrected chi connectivity index (χ4v) is 1.89. The molecule has 0 radical (unpaired) electrons. The summed E-state index contributed by atoms with van der Waals surface area (Å²) in [5, 5.41) is 9.77. The average molecular weight is 259 g/mol. The van der Waals surface area contributed by atoms with Crippen molar-refractivity contribution in [2.24, 2.45) is 5.73 Å². The van der Waals surface area contributed by atoms with Gasteiger partial charge in [-0.25, -0.2) is 0 Å². The first-order chi connectivity index (χ1) is 9.13. The van der Waals surface area contributed by atoms with Crippen molar-refractivity contribution in [3.8, 4) is 5.75 Å². The number of H-pyrrole nitrogens is 1. The highest BCUT2D eigenvalue weighted by molar-refractivity contribution is 5.85. The van der Waals surface area contributed by atoms with Gasteiger partial charge in [-0.05, 0) is 18.2 Å². The quantitative estimate of drug-likeness (QED) is 0.674. The van der Waals surface area contributed by atoms with Crippen molar-refractivity contribution in [3.05, 3.63) is 47.2 Å². The lowest BCUT2D eigenvalue weighted by Crippen LogP contribution is -1.98. The molecule has 0 aliphatic rings. The number of nitrogens with one attached hydrogen (secondary N) is 1. The first-order valence-electron chi connectivity index (χ1n) is 5.83. The van der Waals surface area contributed by atoms with E-state index in [9.17, 15) is 5.11 Å². The number of hydrogen-bond donors (Lipinski definition) is 4. The normalized spacial score (nSPS) is 11.7. The summed E-state index contributed by atoms with van der Waals surface area (Å²) in [7, 11) is 1.61. The van der Waals surface area contributed by atoms with Crippen molar-refractivity contribution in [1.29, 1.82) is 0 Å².